The van der Waals surface area contributed by atoms with Crippen LogP contribution in [0.25, 0.3) is 0 Å². The van der Waals surface area contributed by atoms with Crippen LogP contribution in [0.4, 0.5) is 0 Å². The van der Waals surface area contributed by atoms with Crippen molar-refractivity contribution in [1.82, 2.24) is 30.7 Å². The molecule has 0 bridgehead atoms. The summed E-state index contributed by atoms with van der Waals surface area (Å²) in [5, 5.41) is 12.8. The maximum atomic E-state index is 12.4. The third-order valence-corrected chi connectivity index (χ3v) is 5.26. The Morgan fingerprint density at radius 2 is 1.96 bits per heavy atom. The molecule has 1 saturated carbocycles. The summed E-state index contributed by atoms with van der Waals surface area (Å²) in [7, 11) is 0. The molecule has 1 aromatic rings. The van der Waals surface area contributed by atoms with E-state index in [2.05, 4.69) is 30.7 Å². The minimum absolute atomic E-state index is 0.0137. The summed E-state index contributed by atoms with van der Waals surface area (Å²) in [6.45, 7) is 5.71. The summed E-state index contributed by atoms with van der Waals surface area (Å²) in [6.07, 6.45) is 5.80. The molecule has 26 heavy (non-hydrogen) atoms. The number of rotatable bonds is 9. The Morgan fingerprint density at radius 3 is 2.62 bits per heavy atom. The van der Waals surface area contributed by atoms with Crippen LogP contribution in [0.5, 0.6) is 0 Å². The second-order valence-electron chi connectivity index (χ2n) is 7.60. The first kappa shape index (κ1) is 18.8. The minimum atomic E-state index is 0.0137. The Morgan fingerprint density at radius 1 is 1.19 bits per heavy atom. The number of carbonyl (C=O) groups excluding carboxylic acids is 2. The first-order chi connectivity index (χ1) is 12.5. The second-order valence-corrected chi connectivity index (χ2v) is 7.60. The monoisotopic (exact) mass is 362 g/mol. The zero-order chi connectivity index (χ0) is 18.5. The lowest BCUT2D eigenvalue weighted by Gasteiger charge is -2.30. The van der Waals surface area contributed by atoms with Crippen molar-refractivity contribution in [2.24, 2.45) is 5.92 Å². The van der Waals surface area contributed by atoms with E-state index in [-0.39, 0.29) is 17.9 Å². The Hall–Kier alpha value is -1.96. The number of aromatic nitrogens is 3. The second kappa shape index (κ2) is 8.62. The molecule has 0 unspecified atom stereocenters. The smallest absolute Gasteiger partial charge is 0.221 e. The summed E-state index contributed by atoms with van der Waals surface area (Å²) in [5.74, 6) is 2.39. The van der Waals surface area contributed by atoms with Gasteiger partial charge < -0.3 is 10.6 Å². The number of carbonyl (C=O) groups is 2. The van der Waals surface area contributed by atoms with Crippen LogP contribution in [-0.4, -0.2) is 63.6 Å². The molecule has 0 aromatic carbocycles. The highest BCUT2D eigenvalue weighted by atomic mass is 16.2. The highest BCUT2D eigenvalue weighted by molar-refractivity contribution is 5.76. The molecule has 0 radical (unpaired) electrons. The van der Waals surface area contributed by atoms with E-state index >= 15 is 0 Å². The van der Waals surface area contributed by atoms with Gasteiger partial charge >= 0.3 is 0 Å². The maximum Gasteiger partial charge on any atom is 0.221 e. The van der Waals surface area contributed by atoms with Crippen LogP contribution in [-0.2, 0) is 16.0 Å². The van der Waals surface area contributed by atoms with Crippen LogP contribution in [0.3, 0.4) is 0 Å². The van der Waals surface area contributed by atoms with Gasteiger partial charge in [0, 0.05) is 51.5 Å². The number of nitrogens with zero attached hydrogens (tertiary/aromatic N) is 3. The molecule has 1 aromatic heterocycles. The Labute approximate surface area is 154 Å². The van der Waals surface area contributed by atoms with Crippen molar-refractivity contribution in [3.63, 3.8) is 0 Å². The van der Waals surface area contributed by atoms with Gasteiger partial charge in [0.05, 0.1) is 0 Å². The van der Waals surface area contributed by atoms with Crippen molar-refractivity contribution in [1.29, 1.82) is 0 Å². The summed E-state index contributed by atoms with van der Waals surface area (Å²) in [4.78, 5) is 30.3. The molecule has 3 rings (SSSR count). The summed E-state index contributed by atoms with van der Waals surface area (Å²) < 4.78 is 0. The summed E-state index contributed by atoms with van der Waals surface area (Å²) in [6, 6.07) is 0.633. The van der Waals surface area contributed by atoms with Gasteiger partial charge in [-0.25, -0.2) is 4.98 Å². The summed E-state index contributed by atoms with van der Waals surface area (Å²) >= 11 is 0. The number of H-pyrrole nitrogens is 1. The van der Waals surface area contributed by atoms with Crippen LogP contribution < -0.4 is 10.6 Å². The van der Waals surface area contributed by atoms with Gasteiger partial charge in [0.15, 0.2) is 5.82 Å². The Balaban J connectivity index is 1.45. The molecule has 1 saturated heterocycles. The lowest BCUT2D eigenvalue weighted by Crippen LogP contribution is -2.45. The van der Waals surface area contributed by atoms with Crippen LogP contribution >= 0.6 is 0 Å². The fourth-order valence-corrected chi connectivity index (χ4v) is 3.71. The van der Waals surface area contributed by atoms with Crippen molar-refractivity contribution >= 4 is 11.8 Å². The predicted molar refractivity (Wildman–Crippen MR) is 97.4 cm³/mol. The van der Waals surface area contributed by atoms with Gasteiger partial charge in [-0.1, -0.05) is 0 Å². The normalized spacial score (nSPS) is 23.2. The maximum absolute atomic E-state index is 12.4. The largest absolute Gasteiger partial charge is 0.356 e. The molecule has 8 nitrogen and oxygen atoms in total. The molecule has 3 N–H and O–H groups in total. The predicted octanol–water partition coefficient (Wildman–Crippen LogP) is 0.541. The van der Waals surface area contributed by atoms with E-state index in [9.17, 15) is 9.59 Å². The van der Waals surface area contributed by atoms with E-state index in [0.717, 1.165) is 37.0 Å². The zero-order valence-corrected chi connectivity index (χ0v) is 15.8. The van der Waals surface area contributed by atoms with E-state index < -0.39 is 0 Å². The standard InChI is InChI=1S/C18H30N6O2/c1-12-21-17(23-22-12)7-8-19-18(26)9-15-5-6-16(10-20-13(2)25)24(15)11-14-3-4-14/h14-16H,3-11H2,1-2H3,(H,19,26)(H,20,25)(H,21,22,23)/t15-,16+/m0/s1. The molecule has 2 heterocycles. The molecular weight excluding hydrogens is 332 g/mol. The Bertz CT molecular complexity index is 627. The van der Waals surface area contributed by atoms with E-state index in [0.29, 0.717) is 32.0 Å². The van der Waals surface area contributed by atoms with Crippen molar-refractivity contribution < 1.29 is 9.59 Å². The van der Waals surface area contributed by atoms with Crippen molar-refractivity contribution in [3.8, 4) is 0 Å². The SMILES string of the molecule is CC(=O)NC[C@H]1CC[C@@H](CC(=O)NCCc2n[nH]c(C)n2)N1CC1CC1. The van der Waals surface area contributed by atoms with Crippen LogP contribution in [0.2, 0.25) is 0 Å². The van der Waals surface area contributed by atoms with Gasteiger partial charge in [0.2, 0.25) is 11.8 Å². The van der Waals surface area contributed by atoms with Crippen LogP contribution in [0.15, 0.2) is 0 Å². The average Bonchev–Trinajstić information content (AvgIpc) is 3.20. The molecule has 144 valence electrons. The highest BCUT2D eigenvalue weighted by Gasteiger charge is 2.37. The van der Waals surface area contributed by atoms with Crippen LogP contribution in [0.1, 0.15) is 50.7 Å². The molecule has 0 spiro atoms. The van der Waals surface area contributed by atoms with E-state index in [1.807, 2.05) is 6.92 Å². The molecule has 2 aliphatic rings. The fourth-order valence-electron chi connectivity index (χ4n) is 3.71. The Kier molecular flexibility index (Phi) is 6.24. The number of aromatic amines is 1. The molecule has 8 heteroatoms. The number of hydrogen-bond acceptors (Lipinski definition) is 5. The van der Waals surface area contributed by atoms with Gasteiger partial charge in [-0.2, -0.15) is 5.10 Å². The minimum Gasteiger partial charge on any atom is -0.356 e. The molecule has 1 aliphatic carbocycles. The lowest BCUT2D eigenvalue weighted by molar-refractivity contribution is -0.122. The van der Waals surface area contributed by atoms with E-state index in [4.69, 9.17) is 0 Å². The average molecular weight is 362 g/mol. The molecule has 1 aliphatic heterocycles. The molecule has 2 amide bonds. The number of aryl methyl sites for hydroxylation is 1. The van der Waals surface area contributed by atoms with Gasteiger partial charge in [-0.05, 0) is 38.5 Å². The van der Waals surface area contributed by atoms with E-state index in [1.54, 1.807) is 6.92 Å². The third-order valence-electron chi connectivity index (χ3n) is 5.26. The van der Waals surface area contributed by atoms with Crippen molar-refractivity contribution in [2.45, 2.75) is 64.5 Å². The quantitative estimate of drug-likeness (QED) is 0.595. The molecule has 2 atom stereocenters. The topological polar surface area (TPSA) is 103 Å². The van der Waals surface area contributed by atoms with Crippen molar-refractivity contribution in [2.75, 3.05) is 19.6 Å². The van der Waals surface area contributed by atoms with Gasteiger partial charge in [-0.3, -0.25) is 19.6 Å². The number of hydrogen-bond donors (Lipinski definition) is 3. The highest BCUT2D eigenvalue weighted by Crippen LogP contribution is 2.35. The molecule has 2 fully saturated rings. The number of likely N-dealkylation sites (tertiary alicyclic amines) is 1. The number of amides is 2. The van der Waals surface area contributed by atoms with Crippen molar-refractivity contribution in [3.05, 3.63) is 11.6 Å². The fraction of sp³-hybridized carbons (Fsp3) is 0.778. The van der Waals surface area contributed by atoms with Gasteiger partial charge in [-0.15, -0.1) is 0 Å². The van der Waals surface area contributed by atoms with Crippen LogP contribution in [0, 0.1) is 12.8 Å². The number of nitrogens with one attached hydrogen (secondary N) is 3. The zero-order valence-electron chi connectivity index (χ0n) is 15.8. The lowest BCUT2D eigenvalue weighted by atomic mass is 10.1. The first-order valence-electron chi connectivity index (χ1n) is 9.66. The van der Waals surface area contributed by atoms with Gasteiger partial charge in [0.1, 0.15) is 5.82 Å². The third kappa shape index (κ3) is 5.52. The van der Waals surface area contributed by atoms with Gasteiger partial charge in [0.25, 0.3) is 0 Å². The summed E-state index contributed by atoms with van der Waals surface area (Å²) in [5.41, 5.74) is 0. The van der Waals surface area contributed by atoms with E-state index in [1.165, 1.54) is 12.8 Å². The first-order valence-corrected chi connectivity index (χ1v) is 9.66. The molecular formula is C18H30N6O2.